The van der Waals surface area contributed by atoms with Crippen LogP contribution >= 0.6 is 0 Å². The minimum absolute atomic E-state index is 0.117. The second-order valence-corrected chi connectivity index (χ2v) is 5.12. The van der Waals surface area contributed by atoms with E-state index in [2.05, 4.69) is 10.3 Å². The first kappa shape index (κ1) is 17.6. The summed E-state index contributed by atoms with van der Waals surface area (Å²) in [5.74, 6) is 1.23. The van der Waals surface area contributed by atoms with Gasteiger partial charge in [-0.15, -0.1) is 0 Å². The topological polar surface area (TPSA) is 65.4 Å². The molecule has 2 aromatic rings. The molecular formula is C18H23N3O3. The molecule has 0 atom stereocenters. The fourth-order valence-corrected chi connectivity index (χ4v) is 2.19. The number of carbonyl (C=O) groups excluding carboxylic acids is 1. The maximum absolute atomic E-state index is 11.8. The van der Waals surface area contributed by atoms with Gasteiger partial charge in [-0.1, -0.05) is 6.07 Å². The van der Waals surface area contributed by atoms with Crippen LogP contribution in [0.2, 0.25) is 0 Å². The molecule has 1 amide bonds. The van der Waals surface area contributed by atoms with Crippen LogP contribution in [0.25, 0.3) is 6.08 Å². The zero-order valence-electron chi connectivity index (χ0n) is 14.1. The van der Waals surface area contributed by atoms with Crippen molar-refractivity contribution in [1.82, 2.24) is 14.9 Å². The molecule has 128 valence electrons. The average molecular weight is 329 g/mol. The van der Waals surface area contributed by atoms with Gasteiger partial charge in [-0.2, -0.15) is 0 Å². The number of hydrogen-bond donors (Lipinski definition) is 1. The zero-order chi connectivity index (χ0) is 17.2. The Morgan fingerprint density at radius 1 is 1.38 bits per heavy atom. The lowest BCUT2D eigenvalue weighted by molar-refractivity contribution is -0.116. The van der Waals surface area contributed by atoms with Gasteiger partial charge in [0.05, 0.1) is 20.0 Å². The summed E-state index contributed by atoms with van der Waals surface area (Å²) in [6, 6.07) is 5.56. The third-order valence-corrected chi connectivity index (χ3v) is 3.37. The van der Waals surface area contributed by atoms with Crippen LogP contribution in [0.5, 0.6) is 11.5 Å². The lowest BCUT2D eigenvalue weighted by atomic mass is 10.2. The molecule has 0 radical (unpaired) electrons. The molecule has 1 aromatic heterocycles. The summed E-state index contributed by atoms with van der Waals surface area (Å²) >= 11 is 0. The molecule has 2 rings (SSSR count). The maximum atomic E-state index is 11.8. The molecule has 1 N–H and O–H groups in total. The number of aryl methyl sites for hydroxylation is 1. The van der Waals surface area contributed by atoms with E-state index in [1.165, 1.54) is 6.08 Å². The van der Waals surface area contributed by atoms with E-state index in [9.17, 15) is 4.79 Å². The van der Waals surface area contributed by atoms with Crippen molar-refractivity contribution >= 4 is 12.0 Å². The van der Waals surface area contributed by atoms with E-state index in [1.807, 2.05) is 35.9 Å². The fraction of sp³-hybridized carbons (Fsp3) is 0.333. The minimum atomic E-state index is -0.117. The average Bonchev–Trinajstić information content (AvgIpc) is 3.11. The van der Waals surface area contributed by atoms with E-state index in [1.54, 1.807) is 25.7 Å². The molecule has 1 heterocycles. The van der Waals surface area contributed by atoms with E-state index in [0.717, 1.165) is 18.5 Å². The lowest BCUT2D eigenvalue weighted by Crippen LogP contribution is -2.22. The summed E-state index contributed by atoms with van der Waals surface area (Å²) in [7, 11) is 1.60. The van der Waals surface area contributed by atoms with Crippen molar-refractivity contribution in [3.05, 3.63) is 48.6 Å². The standard InChI is InChI=1S/C18H23N3O3/c1-3-24-16-7-5-15(13-17(16)23-2)6-8-18(22)20-9-4-11-21-12-10-19-14-21/h5-8,10,12-14H,3-4,9,11H2,1-2H3,(H,20,22)/b8-6+. The van der Waals surface area contributed by atoms with Gasteiger partial charge in [0.1, 0.15) is 0 Å². The van der Waals surface area contributed by atoms with E-state index in [0.29, 0.717) is 24.7 Å². The van der Waals surface area contributed by atoms with Crippen LogP contribution in [0, 0.1) is 0 Å². The highest BCUT2D eigenvalue weighted by Gasteiger charge is 2.04. The third-order valence-electron chi connectivity index (χ3n) is 3.37. The van der Waals surface area contributed by atoms with E-state index in [4.69, 9.17) is 9.47 Å². The highest BCUT2D eigenvalue weighted by Crippen LogP contribution is 2.28. The first-order valence-corrected chi connectivity index (χ1v) is 7.95. The van der Waals surface area contributed by atoms with Crippen molar-refractivity contribution in [2.45, 2.75) is 19.9 Å². The van der Waals surface area contributed by atoms with E-state index >= 15 is 0 Å². The van der Waals surface area contributed by atoms with Crippen molar-refractivity contribution in [3.63, 3.8) is 0 Å². The number of hydrogen-bond acceptors (Lipinski definition) is 4. The van der Waals surface area contributed by atoms with Crippen molar-refractivity contribution in [2.24, 2.45) is 0 Å². The molecule has 0 unspecified atom stereocenters. The van der Waals surface area contributed by atoms with Crippen LogP contribution < -0.4 is 14.8 Å². The molecule has 1 aromatic carbocycles. The predicted molar refractivity (Wildman–Crippen MR) is 93.1 cm³/mol. The molecule has 0 aliphatic carbocycles. The Hall–Kier alpha value is -2.76. The van der Waals surface area contributed by atoms with E-state index < -0.39 is 0 Å². The Morgan fingerprint density at radius 3 is 2.96 bits per heavy atom. The molecule has 0 bridgehead atoms. The molecule has 24 heavy (non-hydrogen) atoms. The second kappa shape index (κ2) is 9.39. The smallest absolute Gasteiger partial charge is 0.244 e. The fourth-order valence-electron chi connectivity index (χ4n) is 2.19. The van der Waals surface area contributed by atoms with Crippen LogP contribution in [-0.2, 0) is 11.3 Å². The molecule has 0 saturated carbocycles. The van der Waals surface area contributed by atoms with Crippen LogP contribution in [0.1, 0.15) is 18.9 Å². The number of ether oxygens (including phenoxy) is 2. The largest absolute Gasteiger partial charge is 0.493 e. The number of rotatable bonds is 9. The maximum Gasteiger partial charge on any atom is 0.244 e. The monoisotopic (exact) mass is 329 g/mol. The van der Waals surface area contributed by atoms with Crippen LogP contribution in [0.15, 0.2) is 43.0 Å². The Labute approximate surface area is 142 Å². The van der Waals surface area contributed by atoms with Gasteiger partial charge >= 0.3 is 0 Å². The Kier molecular flexibility index (Phi) is 6.89. The van der Waals surface area contributed by atoms with Gasteiger partial charge in [-0.25, -0.2) is 4.98 Å². The van der Waals surface area contributed by atoms with Gasteiger partial charge in [-0.3, -0.25) is 4.79 Å². The summed E-state index contributed by atoms with van der Waals surface area (Å²) in [5, 5.41) is 2.86. The Bertz CT molecular complexity index is 666. The zero-order valence-corrected chi connectivity index (χ0v) is 14.1. The summed E-state index contributed by atoms with van der Waals surface area (Å²) in [4.78, 5) is 15.8. The Morgan fingerprint density at radius 2 is 2.25 bits per heavy atom. The Balaban J connectivity index is 1.80. The molecular weight excluding hydrogens is 306 g/mol. The number of carbonyl (C=O) groups is 1. The molecule has 0 saturated heterocycles. The van der Waals surface area contributed by atoms with Crippen LogP contribution in [0.3, 0.4) is 0 Å². The van der Waals surface area contributed by atoms with Crippen molar-refractivity contribution in [1.29, 1.82) is 0 Å². The van der Waals surface area contributed by atoms with Gasteiger partial charge in [0.2, 0.25) is 5.91 Å². The first-order chi connectivity index (χ1) is 11.7. The number of methoxy groups -OCH3 is 1. The van der Waals surface area contributed by atoms with Gasteiger partial charge in [0, 0.05) is 31.6 Å². The molecule has 0 aliphatic rings. The van der Waals surface area contributed by atoms with Crippen molar-refractivity contribution in [3.8, 4) is 11.5 Å². The summed E-state index contributed by atoms with van der Waals surface area (Å²) in [5.41, 5.74) is 0.879. The van der Waals surface area contributed by atoms with Crippen LogP contribution in [-0.4, -0.2) is 35.7 Å². The van der Waals surface area contributed by atoms with E-state index in [-0.39, 0.29) is 5.91 Å². The van der Waals surface area contributed by atoms with Crippen LogP contribution in [0.4, 0.5) is 0 Å². The van der Waals surface area contributed by atoms with Gasteiger partial charge in [0.25, 0.3) is 0 Å². The quantitative estimate of drug-likeness (QED) is 0.567. The number of benzene rings is 1. The molecule has 6 nitrogen and oxygen atoms in total. The normalized spacial score (nSPS) is 10.8. The van der Waals surface area contributed by atoms with Crippen molar-refractivity contribution < 1.29 is 14.3 Å². The minimum Gasteiger partial charge on any atom is -0.493 e. The second-order valence-electron chi connectivity index (χ2n) is 5.12. The number of nitrogens with zero attached hydrogens (tertiary/aromatic N) is 2. The first-order valence-electron chi connectivity index (χ1n) is 7.95. The number of aromatic nitrogens is 2. The number of amides is 1. The summed E-state index contributed by atoms with van der Waals surface area (Å²) < 4.78 is 12.7. The highest BCUT2D eigenvalue weighted by molar-refractivity contribution is 5.91. The number of imidazole rings is 1. The summed E-state index contributed by atoms with van der Waals surface area (Å²) in [6.07, 6.45) is 9.54. The van der Waals surface area contributed by atoms with Gasteiger partial charge < -0.3 is 19.4 Å². The molecule has 0 aliphatic heterocycles. The van der Waals surface area contributed by atoms with Gasteiger partial charge in [-0.05, 0) is 37.1 Å². The predicted octanol–water partition coefficient (Wildman–Crippen LogP) is 2.51. The number of nitrogens with one attached hydrogen (secondary N) is 1. The summed E-state index contributed by atoms with van der Waals surface area (Å²) in [6.45, 7) is 3.95. The SMILES string of the molecule is CCOc1ccc(/C=C/C(=O)NCCCn2ccnc2)cc1OC. The third kappa shape index (κ3) is 5.46. The molecule has 0 spiro atoms. The lowest BCUT2D eigenvalue weighted by Gasteiger charge is -2.09. The van der Waals surface area contributed by atoms with Gasteiger partial charge in [0.15, 0.2) is 11.5 Å². The molecule has 6 heteroatoms. The molecule has 0 fully saturated rings. The highest BCUT2D eigenvalue weighted by atomic mass is 16.5. The van der Waals surface area contributed by atoms with Crippen molar-refractivity contribution in [2.75, 3.05) is 20.3 Å².